The van der Waals surface area contributed by atoms with Crippen LogP contribution in [-0.4, -0.2) is 27.5 Å². The van der Waals surface area contributed by atoms with E-state index in [0.29, 0.717) is 4.34 Å². The van der Waals surface area contributed by atoms with Crippen LogP contribution in [0.3, 0.4) is 0 Å². The van der Waals surface area contributed by atoms with Gasteiger partial charge in [-0.25, -0.2) is 8.42 Å². The van der Waals surface area contributed by atoms with Crippen molar-refractivity contribution in [3.8, 4) is 0 Å². The Hall–Kier alpha value is -0.630. The van der Waals surface area contributed by atoms with Gasteiger partial charge in [-0.3, -0.25) is 4.79 Å². The number of sulfonamides is 1. The molecule has 1 aromatic rings. The van der Waals surface area contributed by atoms with E-state index in [2.05, 4.69) is 9.46 Å². The maximum atomic E-state index is 12.0. The number of hydrogen-bond donors (Lipinski definition) is 1. The average Bonchev–Trinajstić information content (AvgIpc) is 2.72. The van der Waals surface area contributed by atoms with Crippen molar-refractivity contribution in [3.63, 3.8) is 0 Å². The van der Waals surface area contributed by atoms with Gasteiger partial charge in [0, 0.05) is 0 Å². The van der Waals surface area contributed by atoms with E-state index in [1.54, 1.807) is 13.8 Å². The quantitative estimate of drug-likeness (QED) is 0.843. The standard InChI is InChI=1S/C10H14ClNO4S2/c1-6(2)9(10(13)16-3)12-18(14,15)8-5-4-7(11)17-8/h4-6,9,12H,1-3H3/t9-/m1/s1. The zero-order valence-electron chi connectivity index (χ0n) is 10.1. The summed E-state index contributed by atoms with van der Waals surface area (Å²) in [5.74, 6) is -0.834. The first-order valence-corrected chi connectivity index (χ1v) is 7.81. The first-order chi connectivity index (χ1) is 8.27. The largest absolute Gasteiger partial charge is 0.468 e. The highest BCUT2D eigenvalue weighted by Crippen LogP contribution is 2.25. The van der Waals surface area contributed by atoms with E-state index in [-0.39, 0.29) is 10.1 Å². The Labute approximate surface area is 115 Å². The van der Waals surface area contributed by atoms with Crippen LogP contribution in [0.2, 0.25) is 4.34 Å². The topological polar surface area (TPSA) is 72.5 Å². The molecule has 5 nitrogen and oxygen atoms in total. The average molecular weight is 312 g/mol. The Kier molecular flexibility index (Phi) is 5.15. The van der Waals surface area contributed by atoms with E-state index in [9.17, 15) is 13.2 Å². The fourth-order valence-electron chi connectivity index (χ4n) is 1.25. The molecule has 1 aromatic heterocycles. The second-order valence-corrected chi connectivity index (χ2v) is 7.58. The predicted octanol–water partition coefficient (Wildman–Crippen LogP) is 1.88. The van der Waals surface area contributed by atoms with Crippen LogP contribution in [0, 0.1) is 5.92 Å². The molecule has 0 radical (unpaired) electrons. The Bertz CT molecular complexity index is 524. The van der Waals surface area contributed by atoms with Crippen LogP contribution in [0.5, 0.6) is 0 Å². The number of esters is 1. The lowest BCUT2D eigenvalue weighted by atomic mass is 10.1. The van der Waals surface area contributed by atoms with Crippen LogP contribution in [0.25, 0.3) is 0 Å². The molecule has 0 aromatic carbocycles. The molecule has 0 fully saturated rings. The van der Waals surface area contributed by atoms with Crippen LogP contribution in [0.15, 0.2) is 16.3 Å². The third-order valence-corrected chi connectivity index (χ3v) is 5.38. The highest BCUT2D eigenvalue weighted by molar-refractivity contribution is 7.91. The van der Waals surface area contributed by atoms with Crippen LogP contribution >= 0.6 is 22.9 Å². The van der Waals surface area contributed by atoms with Crippen molar-refractivity contribution in [3.05, 3.63) is 16.5 Å². The van der Waals surface area contributed by atoms with Gasteiger partial charge >= 0.3 is 5.97 Å². The summed E-state index contributed by atoms with van der Waals surface area (Å²) >= 11 is 6.62. The molecule has 102 valence electrons. The molecule has 0 bridgehead atoms. The lowest BCUT2D eigenvalue weighted by Gasteiger charge is -2.19. The van der Waals surface area contributed by atoms with Crippen molar-refractivity contribution in [1.29, 1.82) is 0 Å². The SMILES string of the molecule is COC(=O)[C@H](NS(=O)(=O)c1ccc(Cl)s1)C(C)C. The van der Waals surface area contributed by atoms with Crippen LogP contribution < -0.4 is 4.72 Å². The third kappa shape index (κ3) is 3.68. The summed E-state index contributed by atoms with van der Waals surface area (Å²) in [6.07, 6.45) is 0. The van der Waals surface area contributed by atoms with Gasteiger partial charge in [0.2, 0.25) is 0 Å². The van der Waals surface area contributed by atoms with Crippen molar-refractivity contribution < 1.29 is 17.9 Å². The Morgan fingerprint density at radius 2 is 2.06 bits per heavy atom. The summed E-state index contributed by atoms with van der Waals surface area (Å²) in [6.45, 7) is 3.46. The summed E-state index contributed by atoms with van der Waals surface area (Å²) in [4.78, 5) is 11.5. The van der Waals surface area contributed by atoms with Gasteiger partial charge < -0.3 is 4.74 Å². The Morgan fingerprint density at radius 3 is 2.44 bits per heavy atom. The monoisotopic (exact) mass is 311 g/mol. The summed E-state index contributed by atoms with van der Waals surface area (Å²) in [5.41, 5.74) is 0. The minimum atomic E-state index is -3.76. The third-order valence-electron chi connectivity index (χ3n) is 2.22. The Morgan fingerprint density at radius 1 is 1.44 bits per heavy atom. The van der Waals surface area contributed by atoms with E-state index in [4.69, 9.17) is 11.6 Å². The molecule has 1 N–H and O–H groups in total. The molecule has 0 saturated heterocycles. The van der Waals surface area contributed by atoms with Gasteiger partial charge in [-0.05, 0) is 18.1 Å². The molecule has 0 unspecified atom stereocenters. The maximum Gasteiger partial charge on any atom is 0.324 e. The highest BCUT2D eigenvalue weighted by atomic mass is 35.5. The smallest absolute Gasteiger partial charge is 0.324 e. The molecule has 0 spiro atoms. The van der Waals surface area contributed by atoms with E-state index >= 15 is 0 Å². The van der Waals surface area contributed by atoms with Gasteiger partial charge in [0.15, 0.2) is 0 Å². The van der Waals surface area contributed by atoms with Gasteiger partial charge in [-0.1, -0.05) is 25.4 Å². The van der Waals surface area contributed by atoms with Crippen molar-refractivity contribution in [2.45, 2.75) is 24.1 Å². The number of rotatable bonds is 5. The molecule has 0 aliphatic heterocycles. The minimum absolute atomic E-state index is 0.0713. The first kappa shape index (κ1) is 15.4. The fourth-order valence-corrected chi connectivity index (χ4v) is 4.08. The minimum Gasteiger partial charge on any atom is -0.468 e. The molecule has 1 rings (SSSR count). The summed E-state index contributed by atoms with van der Waals surface area (Å²) < 4.78 is 31.4. The van der Waals surface area contributed by atoms with E-state index in [0.717, 1.165) is 11.3 Å². The summed E-state index contributed by atoms with van der Waals surface area (Å²) in [5, 5.41) is 0. The van der Waals surface area contributed by atoms with Crippen molar-refractivity contribution in [2.24, 2.45) is 5.92 Å². The molecule has 18 heavy (non-hydrogen) atoms. The van der Waals surface area contributed by atoms with Gasteiger partial charge in [-0.15, -0.1) is 11.3 Å². The second kappa shape index (κ2) is 6.01. The second-order valence-electron chi connectivity index (χ2n) is 3.92. The van der Waals surface area contributed by atoms with Gasteiger partial charge in [0.05, 0.1) is 11.4 Å². The molecular weight excluding hydrogens is 298 g/mol. The number of carbonyl (C=O) groups excluding carboxylic acids is 1. The lowest BCUT2D eigenvalue weighted by Crippen LogP contribution is -2.44. The van der Waals surface area contributed by atoms with Crippen LogP contribution in [-0.2, 0) is 19.6 Å². The van der Waals surface area contributed by atoms with Crippen LogP contribution in [0.4, 0.5) is 0 Å². The molecule has 1 atom stereocenters. The fraction of sp³-hybridized carbons (Fsp3) is 0.500. The Balaban J connectivity index is 2.97. The number of ether oxygens (including phenoxy) is 1. The number of halogens is 1. The number of hydrogen-bond acceptors (Lipinski definition) is 5. The zero-order valence-corrected chi connectivity index (χ0v) is 12.5. The number of methoxy groups -OCH3 is 1. The highest BCUT2D eigenvalue weighted by Gasteiger charge is 2.29. The van der Waals surface area contributed by atoms with Gasteiger partial charge in [0.25, 0.3) is 10.0 Å². The summed E-state index contributed by atoms with van der Waals surface area (Å²) in [7, 11) is -2.54. The maximum absolute atomic E-state index is 12.0. The van der Waals surface area contributed by atoms with Crippen molar-refractivity contribution in [2.75, 3.05) is 7.11 Å². The number of carbonyl (C=O) groups is 1. The molecule has 0 saturated carbocycles. The molecule has 0 aliphatic carbocycles. The molecule has 8 heteroatoms. The van der Waals surface area contributed by atoms with Crippen molar-refractivity contribution in [1.82, 2.24) is 4.72 Å². The van der Waals surface area contributed by atoms with Gasteiger partial charge in [0.1, 0.15) is 10.3 Å². The predicted molar refractivity (Wildman–Crippen MR) is 70.3 cm³/mol. The lowest BCUT2D eigenvalue weighted by molar-refractivity contribution is -0.143. The molecule has 0 aliphatic rings. The molecule has 1 heterocycles. The number of thiophene rings is 1. The van der Waals surface area contributed by atoms with E-state index in [1.807, 2.05) is 0 Å². The zero-order chi connectivity index (χ0) is 13.9. The summed E-state index contributed by atoms with van der Waals surface area (Å²) in [6, 6.07) is 1.97. The normalized spacial score (nSPS) is 13.6. The van der Waals surface area contributed by atoms with Crippen molar-refractivity contribution >= 4 is 38.9 Å². The number of nitrogens with one attached hydrogen (secondary N) is 1. The van der Waals surface area contributed by atoms with E-state index < -0.39 is 22.0 Å². The van der Waals surface area contributed by atoms with Gasteiger partial charge in [-0.2, -0.15) is 4.72 Å². The van der Waals surface area contributed by atoms with Crippen LogP contribution in [0.1, 0.15) is 13.8 Å². The molecule has 0 amide bonds. The van der Waals surface area contributed by atoms with E-state index in [1.165, 1.54) is 19.2 Å². The molecular formula is C10H14ClNO4S2. The first-order valence-electron chi connectivity index (χ1n) is 5.13.